The maximum absolute atomic E-state index is 13.6. The molecule has 0 radical (unpaired) electrons. The molecule has 2 aromatic carbocycles. The van der Waals surface area contributed by atoms with Gasteiger partial charge in [-0.1, -0.05) is 35.9 Å². The van der Waals surface area contributed by atoms with E-state index in [2.05, 4.69) is 5.10 Å². The minimum atomic E-state index is -0.471. The first kappa shape index (κ1) is 13.6. The van der Waals surface area contributed by atoms with Gasteiger partial charge in [0.15, 0.2) is 0 Å². The Balaban J connectivity index is 2.15. The van der Waals surface area contributed by atoms with E-state index in [1.54, 1.807) is 10.7 Å². The van der Waals surface area contributed by atoms with E-state index in [9.17, 15) is 4.39 Å². The number of para-hydroxylation sites is 1. The topological polar surface area (TPSA) is 43.8 Å². The summed E-state index contributed by atoms with van der Waals surface area (Å²) >= 11 is 5.71. The number of anilines is 1. The minimum absolute atomic E-state index is 0.0897. The monoisotopic (exact) mass is 301 g/mol. The molecule has 2 N–H and O–H groups in total. The minimum Gasteiger partial charge on any atom is -0.383 e. The highest BCUT2D eigenvalue weighted by atomic mass is 35.5. The number of halogens is 2. The highest BCUT2D eigenvalue weighted by molar-refractivity contribution is 6.30. The zero-order valence-corrected chi connectivity index (χ0v) is 12.1. The van der Waals surface area contributed by atoms with Gasteiger partial charge < -0.3 is 5.73 Å². The Kier molecular flexibility index (Phi) is 3.39. The van der Waals surface area contributed by atoms with Crippen LogP contribution >= 0.6 is 11.6 Å². The molecule has 0 saturated carbocycles. The van der Waals surface area contributed by atoms with E-state index in [0.717, 1.165) is 11.3 Å². The molecular weight excluding hydrogens is 289 g/mol. The average Bonchev–Trinajstić information content (AvgIpc) is 2.79. The van der Waals surface area contributed by atoms with E-state index in [-0.39, 0.29) is 5.02 Å². The normalized spacial score (nSPS) is 10.8. The number of rotatable bonds is 2. The van der Waals surface area contributed by atoms with Crippen LogP contribution in [0.5, 0.6) is 0 Å². The molecule has 5 heteroatoms. The van der Waals surface area contributed by atoms with Crippen LogP contribution in [0, 0.1) is 12.7 Å². The van der Waals surface area contributed by atoms with E-state index in [4.69, 9.17) is 17.3 Å². The van der Waals surface area contributed by atoms with E-state index < -0.39 is 5.82 Å². The van der Waals surface area contributed by atoms with Gasteiger partial charge in [0.2, 0.25) is 0 Å². The molecule has 1 heterocycles. The second kappa shape index (κ2) is 5.22. The number of aromatic nitrogens is 2. The van der Waals surface area contributed by atoms with Crippen LogP contribution < -0.4 is 5.73 Å². The van der Waals surface area contributed by atoms with Crippen LogP contribution in [0.4, 0.5) is 10.2 Å². The molecule has 0 aliphatic rings. The van der Waals surface area contributed by atoms with Gasteiger partial charge in [0, 0.05) is 11.1 Å². The smallest absolute Gasteiger partial charge is 0.142 e. The number of hydrogen-bond donors (Lipinski definition) is 1. The van der Waals surface area contributed by atoms with Crippen LogP contribution in [0.25, 0.3) is 16.9 Å². The molecule has 106 valence electrons. The van der Waals surface area contributed by atoms with Crippen LogP contribution in [0.3, 0.4) is 0 Å². The molecule has 1 aromatic heterocycles. The van der Waals surface area contributed by atoms with E-state index in [1.807, 2.05) is 37.3 Å². The Morgan fingerprint density at radius 3 is 2.52 bits per heavy atom. The van der Waals surface area contributed by atoms with Crippen molar-refractivity contribution < 1.29 is 4.39 Å². The number of nitrogens with two attached hydrogens (primary N) is 1. The van der Waals surface area contributed by atoms with Gasteiger partial charge >= 0.3 is 0 Å². The molecule has 0 unspecified atom stereocenters. The van der Waals surface area contributed by atoms with Gasteiger partial charge in [-0.05, 0) is 31.2 Å². The van der Waals surface area contributed by atoms with Crippen molar-refractivity contribution in [3.05, 3.63) is 64.9 Å². The summed E-state index contributed by atoms with van der Waals surface area (Å²) in [6.45, 7) is 1.86. The van der Waals surface area contributed by atoms with E-state index in [1.165, 1.54) is 12.1 Å². The highest BCUT2D eigenvalue weighted by Gasteiger charge is 2.15. The maximum Gasteiger partial charge on any atom is 0.142 e. The molecule has 0 saturated heterocycles. The van der Waals surface area contributed by atoms with Crippen molar-refractivity contribution in [1.29, 1.82) is 0 Å². The van der Waals surface area contributed by atoms with Crippen molar-refractivity contribution in [2.75, 3.05) is 5.73 Å². The van der Waals surface area contributed by atoms with Crippen molar-refractivity contribution >= 4 is 17.4 Å². The van der Waals surface area contributed by atoms with Crippen LogP contribution in [0.15, 0.2) is 48.5 Å². The second-order valence-electron chi connectivity index (χ2n) is 4.74. The van der Waals surface area contributed by atoms with Crippen molar-refractivity contribution in [2.45, 2.75) is 6.92 Å². The van der Waals surface area contributed by atoms with Gasteiger partial charge in [0.1, 0.15) is 11.6 Å². The Morgan fingerprint density at radius 2 is 1.86 bits per heavy atom. The molecule has 0 bridgehead atoms. The zero-order chi connectivity index (χ0) is 15.0. The Hall–Kier alpha value is -2.33. The fraction of sp³-hybridized carbons (Fsp3) is 0.0625. The lowest BCUT2D eigenvalue weighted by molar-refractivity contribution is 0.628. The summed E-state index contributed by atoms with van der Waals surface area (Å²) < 4.78 is 15.3. The molecule has 0 atom stereocenters. The fourth-order valence-corrected chi connectivity index (χ4v) is 2.31. The Morgan fingerprint density at radius 1 is 1.14 bits per heavy atom. The largest absolute Gasteiger partial charge is 0.383 e. The lowest BCUT2D eigenvalue weighted by atomic mass is 10.1. The Labute approximate surface area is 126 Å². The van der Waals surface area contributed by atoms with Gasteiger partial charge in [-0.15, -0.1) is 0 Å². The first-order chi connectivity index (χ1) is 10.1. The first-order valence-electron chi connectivity index (χ1n) is 6.44. The summed E-state index contributed by atoms with van der Waals surface area (Å²) in [7, 11) is 0. The Bertz CT molecular complexity index is 797. The van der Waals surface area contributed by atoms with E-state index >= 15 is 0 Å². The molecule has 0 amide bonds. The third-order valence-corrected chi connectivity index (χ3v) is 3.67. The number of hydrogen-bond acceptors (Lipinski definition) is 2. The van der Waals surface area contributed by atoms with Gasteiger partial charge in [0.25, 0.3) is 0 Å². The third-order valence-electron chi connectivity index (χ3n) is 3.36. The predicted octanol–water partition coefficient (Wildman–Crippen LogP) is 4.22. The lowest BCUT2D eigenvalue weighted by Crippen LogP contribution is -2.01. The quantitative estimate of drug-likeness (QED) is 0.770. The fourth-order valence-electron chi connectivity index (χ4n) is 2.19. The van der Waals surface area contributed by atoms with Crippen LogP contribution in [0.2, 0.25) is 5.02 Å². The number of nitrogen functional groups attached to an aromatic ring is 1. The summed E-state index contributed by atoms with van der Waals surface area (Å²) in [5.74, 6) is 0.0629. The molecule has 3 aromatic rings. The van der Waals surface area contributed by atoms with Crippen LogP contribution in [-0.2, 0) is 0 Å². The summed E-state index contributed by atoms with van der Waals surface area (Å²) in [4.78, 5) is 0. The molecule has 0 aliphatic heterocycles. The molecule has 0 aliphatic carbocycles. The predicted molar refractivity (Wildman–Crippen MR) is 83.1 cm³/mol. The number of nitrogens with zero attached hydrogens (tertiary/aromatic N) is 2. The van der Waals surface area contributed by atoms with Crippen LogP contribution in [0.1, 0.15) is 5.56 Å². The van der Waals surface area contributed by atoms with Gasteiger partial charge in [-0.3, -0.25) is 0 Å². The molecule has 21 heavy (non-hydrogen) atoms. The standard InChI is InChI=1S/C16H13ClFN3/c1-10-15(11-7-8-13(17)14(18)9-11)20-21(16(10)19)12-5-3-2-4-6-12/h2-9H,19H2,1H3. The maximum atomic E-state index is 13.6. The van der Waals surface area contributed by atoms with Gasteiger partial charge in [0.05, 0.1) is 16.4 Å². The van der Waals surface area contributed by atoms with Crippen molar-refractivity contribution in [3.8, 4) is 16.9 Å². The molecule has 3 rings (SSSR count). The van der Waals surface area contributed by atoms with E-state index in [0.29, 0.717) is 17.1 Å². The summed E-state index contributed by atoms with van der Waals surface area (Å²) in [6, 6.07) is 14.2. The highest BCUT2D eigenvalue weighted by Crippen LogP contribution is 2.30. The molecule has 3 nitrogen and oxygen atoms in total. The molecule has 0 fully saturated rings. The van der Waals surface area contributed by atoms with Crippen LogP contribution in [-0.4, -0.2) is 9.78 Å². The summed E-state index contributed by atoms with van der Waals surface area (Å²) in [6.07, 6.45) is 0. The summed E-state index contributed by atoms with van der Waals surface area (Å²) in [5.41, 5.74) is 9.08. The molecule has 0 spiro atoms. The van der Waals surface area contributed by atoms with Crippen molar-refractivity contribution in [1.82, 2.24) is 9.78 Å². The average molecular weight is 302 g/mol. The zero-order valence-electron chi connectivity index (χ0n) is 11.3. The van der Waals surface area contributed by atoms with Gasteiger partial charge in [-0.2, -0.15) is 5.10 Å². The SMILES string of the molecule is Cc1c(-c2ccc(Cl)c(F)c2)nn(-c2ccccc2)c1N. The van der Waals surface area contributed by atoms with Crippen molar-refractivity contribution in [2.24, 2.45) is 0 Å². The summed E-state index contributed by atoms with van der Waals surface area (Å²) in [5, 5.41) is 4.59. The second-order valence-corrected chi connectivity index (χ2v) is 5.14. The lowest BCUT2D eigenvalue weighted by Gasteiger charge is -2.02. The third kappa shape index (κ3) is 2.38. The molecular formula is C16H13ClFN3. The number of benzene rings is 2. The first-order valence-corrected chi connectivity index (χ1v) is 6.81. The van der Waals surface area contributed by atoms with Gasteiger partial charge in [-0.25, -0.2) is 9.07 Å². The van der Waals surface area contributed by atoms with Crippen molar-refractivity contribution in [3.63, 3.8) is 0 Å².